The van der Waals surface area contributed by atoms with Gasteiger partial charge in [-0.15, -0.1) is 0 Å². The van der Waals surface area contributed by atoms with Crippen LogP contribution in [0.3, 0.4) is 0 Å². The Morgan fingerprint density at radius 3 is 2.50 bits per heavy atom. The van der Waals surface area contributed by atoms with Gasteiger partial charge in [0.05, 0.1) is 19.3 Å². The molecule has 0 aliphatic heterocycles. The molecule has 2 aromatic carbocycles. The number of ether oxygens (including phenoxy) is 1. The normalized spacial score (nSPS) is 12.1. The van der Waals surface area contributed by atoms with Gasteiger partial charge in [0.2, 0.25) is 0 Å². The quantitative estimate of drug-likeness (QED) is 0.177. The van der Waals surface area contributed by atoms with Gasteiger partial charge in [0.25, 0.3) is 0 Å². The number of imidazole rings is 2. The van der Waals surface area contributed by atoms with Gasteiger partial charge < -0.3 is 14.3 Å². The molecule has 11 heteroatoms. The second-order valence-corrected chi connectivity index (χ2v) is 10.5. The number of H-pyrrole nitrogens is 1. The smallest absolute Gasteiger partial charge is 0.380 e. The van der Waals surface area contributed by atoms with Crippen molar-refractivity contribution in [2.24, 2.45) is 0 Å². The molecule has 5 aromatic rings. The van der Waals surface area contributed by atoms with E-state index in [-0.39, 0.29) is 37.1 Å². The second-order valence-electron chi connectivity index (χ2n) is 10.5. The molecule has 0 aliphatic rings. The SMILES string of the molecule is CCCCOCCn1cc(C(F)(F)F)nc1-c1ccc(Cn2c(=O)[nH]c3cnc(-c4ccccc4C(C)C)nc32)cc1. The minimum atomic E-state index is -4.56. The van der Waals surface area contributed by atoms with Crippen molar-refractivity contribution < 1.29 is 17.9 Å². The number of benzene rings is 2. The average Bonchev–Trinajstić information content (AvgIpc) is 3.54. The lowest BCUT2D eigenvalue weighted by Gasteiger charge is -2.12. The molecule has 3 aromatic heterocycles. The summed E-state index contributed by atoms with van der Waals surface area (Å²) in [6.07, 6.45) is -0.0573. The zero-order valence-corrected chi connectivity index (χ0v) is 23.8. The number of unbranched alkanes of at least 4 members (excludes halogenated alkanes) is 1. The van der Waals surface area contributed by atoms with Crippen LogP contribution in [-0.2, 0) is 24.0 Å². The van der Waals surface area contributed by atoms with E-state index in [2.05, 4.69) is 28.8 Å². The van der Waals surface area contributed by atoms with Crippen molar-refractivity contribution >= 4 is 11.2 Å². The van der Waals surface area contributed by atoms with E-state index in [4.69, 9.17) is 9.72 Å². The minimum absolute atomic E-state index is 0.207. The molecule has 42 heavy (non-hydrogen) atoms. The summed E-state index contributed by atoms with van der Waals surface area (Å²) in [5, 5.41) is 0. The summed E-state index contributed by atoms with van der Waals surface area (Å²) in [4.78, 5) is 28.8. The third-order valence-electron chi connectivity index (χ3n) is 7.07. The Morgan fingerprint density at radius 2 is 1.79 bits per heavy atom. The lowest BCUT2D eigenvalue weighted by molar-refractivity contribution is -0.140. The van der Waals surface area contributed by atoms with Crippen molar-refractivity contribution in [2.75, 3.05) is 13.2 Å². The van der Waals surface area contributed by atoms with Gasteiger partial charge in [-0.25, -0.2) is 19.7 Å². The maximum atomic E-state index is 13.5. The molecule has 5 rings (SSSR count). The number of aromatic amines is 1. The van der Waals surface area contributed by atoms with Gasteiger partial charge in [0, 0.05) is 30.5 Å². The molecule has 1 N–H and O–H groups in total. The molecule has 0 saturated carbocycles. The lowest BCUT2D eigenvalue weighted by Crippen LogP contribution is -2.17. The number of alkyl halides is 3. The zero-order valence-electron chi connectivity index (χ0n) is 23.8. The Morgan fingerprint density at radius 1 is 1.02 bits per heavy atom. The molecule has 0 radical (unpaired) electrons. The Kier molecular flexibility index (Phi) is 8.58. The number of nitrogens with zero attached hydrogens (tertiary/aromatic N) is 5. The molecule has 0 fully saturated rings. The van der Waals surface area contributed by atoms with Crippen molar-refractivity contribution in [2.45, 2.75) is 58.8 Å². The molecular weight excluding hydrogens is 545 g/mol. The van der Waals surface area contributed by atoms with E-state index >= 15 is 0 Å². The number of halogens is 3. The largest absolute Gasteiger partial charge is 0.434 e. The topological polar surface area (TPSA) is 90.6 Å². The standard InChI is InChI=1S/C31H33F3N6O2/c1-4-5-15-42-16-14-39-19-26(31(32,33)34)37-28(39)22-12-10-21(11-13-22)18-40-29-25(36-30(40)41)17-35-27(38-29)24-9-7-6-8-23(24)20(2)3/h6-13,17,19-20H,4-5,14-16,18H2,1-3H3,(H,36,41). The van der Waals surface area contributed by atoms with Gasteiger partial charge in [-0.1, -0.05) is 75.7 Å². The summed E-state index contributed by atoms with van der Waals surface area (Å²) in [6.45, 7) is 7.56. The number of fused-ring (bicyclic) bond motifs is 1. The lowest BCUT2D eigenvalue weighted by atomic mass is 9.97. The van der Waals surface area contributed by atoms with Crippen molar-refractivity contribution in [3.63, 3.8) is 0 Å². The van der Waals surface area contributed by atoms with Crippen LogP contribution in [0.15, 0.2) is 65.7 Å². The van der Waals surface area contributed by atoms with Crippen LogP contribution in [0.2, 0.25) is 0 Å². The van der Waals surface area contributed by atoms with Crippen LogP contribution >= 0.6 is 0 Å². The highest BCUT2D eigenvalue weighted by atomic mass is 19.4. The van der Waals surface area contributed by atoms with E-state index in [0.29, 0.717) is 29.2 Å². The molecular formula is C31H33F3N6O2. The van der Waals surface area contributed by atoms with Crippen molar-refractivity contribution in [1.82, 2.24) is 29.1 Å². The van der Waals surface area contributed by atoms with Crippen LogP contribution in [0.1, 0.15) is 56.4 Å². The molecule has 3 heterocycles. The predicted molar refractivity (Wildman–Crippen MR) is 155 cm³/mol. The molecule has 220 valence electrons. The molecule has 0 aliphatic carbocycles. The van der Waals surface area contributed by atoms with Gasteiger partial charge >= 0.3 is 11.9 Å². The van der Waals surface area contributed by atoms with Crippen LogP contribution in [0, 0.1) is 0 Å². The Hall–Kier alpha value is -4.25. The third kappa shape index (κ3) is 6.30. The monoisotopic (exact) mass is 578 g/mol. The van der Waals surface area contributed by atoms with Crippen molar-refractivity contribution in [1.29, 1.82) is 0 Å². The Bertz CT molecular complexity index is 1720. The van der Waals surface area contributed by atoms with E-state index in [1.54, 1.807) is 30.5 Å². The molecule has 0 atom stereocenters. The molecule has 8 nitrogen and oxygen atoms in total. The molecule has 0 saturated heterocycles. The first-order valence-electron chi connectivity index (χ1n) is 14.0. The predicted octanol–water partition coefficient (Wildman–Crippen LogP) is 6.66. The maximum Gasteiger partial charge on any atom is 0.434 e. The Labute approximate surface area is 241 Å². The van der Waals surface area contributed by atoms with Crippen LogP contribution in [0.25, 0.3) is 33.9 Å². The molecule has 0 amide bonds. The number of hydrogen-bond donors (Lipinski definition) is 1. The van der Waals surface area contributed by atoms with Gasteiger partial charge in [0.15, 0.2) is 17.2 Å². The number of hydrogen-bond acceptors (Lipinski definition) is 5. The third-order valence-corrected chi connectivity index (χ3v) is 7.07. The first-order valence-corrected chi connectivity index (χ1v) is 14.0. The van der Waals surface area contributed by atoms with E-state index < -0.39 is 11.9 Å². The summed E-state index contributed by atoms with van der Waals surface area (Å²) in [6, 6.07) is 14.9. The van der Waals surface area contributed by atoms with Gasteiger partial charge in [0.1, 0.15) is 11.3 Å². The average molecular weight is 579 g/mol. The van der Waals surface area contributed by atoms with Crippen LogP contribution in [0.4, 0.5) is 13.2 Å². The van der Waals surface area contributed by atoms with E-state index in [1.807, 2.05) is 31.2 Å². The fourth-order valence-electron chi connectivity index (χ4n) is 4.83. The highest BCUT2D eigenvalue weighted by molar-refractivity contribution is 5.74. The number of nitrogens with one attached hydrogen (secondary N) is 1. The summed E-state index contributed by atoms with van der Waals surface area (Å²) >= 11 is 0. The van der Waals surface area contributed by atoms with Crippen molar-refractivity contribution in [3.05, 3.63) is 88.2 Å². The van der Waals surface area contributed by atoms with Gasteiger partial charge in [-0.2, -0.15) is 13.2 Å². The molecule has 0 unspecified atom stereocenters. The Balaban J connectivity index is 1.42. The highest BCUT2D eigenvalue weighted by Crippen LogP contribution is 2.31. The summed E-state index contributed by atoms with van der Waals surface area (Å²) in [7, 11) is 0. The van der Waals surface area contributed by atoms with Crippen LogP contribution in [-0.4, -0.2) is 42.3 Å². The second kappa shape index (κ2) is 12.3. The summed E-state index contributed by atoms with van der Waals surface area (Å²) in [5.74, 6) is 1.00. The first-order chi connectivity index (χ1) is 20.2. The van der Waals surface area contributed by atoms with Gasteiger partial charge in [-0.05, 0) is 23.5 Å². The van der Waals surface area contributed by atoms with Gasteiger partial charge in [-0.3, -0.25) is 4.57 Å². The molecule has 0 spiro atoms. The minimum Gasteiger partial charge on any atom is -0.380 e. The number of rotatable bonds is 11. The molecule has 0 bridgehead atoms. The van der Waals surface area contributed by atoms with Crippen LogP contribution < -0.4 is 5.69 Å². The van der Waals surface area contributed by atoms with E-state index in [9.17, 15) is 18.0 Å². The first kappa shape index (κ1) is 29.2. The highest BCUT2D eigenvalue weighted by Gasteiger charge is 2.35. The fourth-order valence-corrected chi connectivity index (χ4v) is 4.83. The fraction of sp³-hybridized carbons (Fsp3) is 0.355. The van der Waals surface area contributed by atoms with Crippen molar-refractivity contribution in [3.8, 4) is 22.8 Å². The van der Waals surface area contributed by atoms with Crippen LogP contribution in [0.5, 0.6) is 0 Å². The maximum absolute atomic E-state index is 13.5. The number of aromatic nitrogens is 6. The zero-order chi connectivity index (χ0) is 29.9. The van der Waals surface area contributed by atoms with E-state index in [1.165, 1.54) is 9.13 Å². The summed E-state index contributed by atoms with van der Waals surface area (Å²) < 4.78 is 49.0. The van der Waals surface area contributed by atoms with E-state index in [0.717, 1.165) is 35.7 Å². The summed E-state index contributed by atoms with van der Waals surface area (Å²) in [5.41, 5.74) is 3.04.